The Balaban J connectivity index is 2.54. The second-order valence-electron chi connectivity index (χ2n) is 3.61. The summed E-state index contributed by atoms with van der Waals surface area (Å²) in [5, 5.41) is 9.57. The fraction of sp³-hybridized carbons (Fsp3) is 0.167. The maximum Gasteiger partial charge on any atom is 0.347 e. The molecule has 0 saturated carbocycles. The Labute approximate surface area is 115 Å². The molecule has 0 atom stereocenters. The summed E-state index contributed by atoms with van der Waals surface area (Å²) in [5.74, 6) is -1.38. The zero-order valence-corrected chi connectivity index (χ0v) is 11.8. The minimum absolute atomic E-state index is 0.216. The van der Waals surface area contributed by atoms with Gasteiger partial charge in [-0.05, 0) is 24.6 Å². The highest BCUT2D eigenvalue weighted by Crippen LogP contribution is 2.30. The zero-order valence-electron chi connectivity index (χ0n) is 9.41. The van der Waals surface area contributed by atoms with Gasteiger partial charge in [-0.1, -0.05) is 22.9 Å². The first-order valence-electron chi connectivity index (χ1n) is 5.20. The Morgan fingerprint density at radius 3 is 2.72 bits per heavy atom. The number of nitrogens with zero attached hydrogens (tertiary/aromatic N) is 1. The normalized spacial score (nSPS) is 10.6. The van der Waals surface area contributed by atoms with Crippen LogP contribution in [0.1, 0.15) is 22.3 Å². The van der Waals surface area contributed by atoms with E-state index in [1.54, 1.807) is 6.07 Å². The number of carbonyl (C=O) groups is 1. The van der Waals surface area contributed by atoms with Crippen LogP contribution in [0, 0.1) is 5.82 Å². The molecule has 0 aliphatic heterocycles. The van der Waals surface area contributed by atoms with E-state index in [9.17, 15) is 9.18 Å². The van der Waals surface area contributed by atoms with Crippen LogP contribution >= 0.6 is 27.3 Å². The molecule has 2 aromatic rings. The number of aromatic carboxylic acids is 1. The molecule has 0 aliphatic carbocycles. The Hall–Kier alpha value is -1.27. The Bertz CT molecular complexity index is 592. The maximum absolute atomic E-state index is 13.3. The van der Waals surface area contributed by atoms with Crippen molar-refractivity contribution in [3.63, 3.8) is 0 Å². The molecule has 0 aliphatic rings. The van der Waals surface area contributed by atoms with Crippen LogP contribution in [0.3, 0.4) is 0 Å². The van der Waals surface area contributed by atoms with Gasteiger partial charge in [0.1, 0.15) is 15.7 Å². The third kappa shape index (κ3) is 2.59. The van der Waals surface area contributed by atoms with Gasteiger partial charge in [0.25, 0.3) is 0 Å². The lowest BCUT2D eigenvalue weighted by Crippen LogP contribution is -1.97. The van der Waals surface area contributed by atoms with E-state index in [0.717, 1.165) is 11.3 Å². The first-order chi connectivity index (χ1) is 8.51. The molecular weight excluding hydrogens is 321 g/mol. The lowest BCUT2D eigenvalue weighted by molar-refractivity contribution is 0.0701. The SMILES string of the molecule is CCc1nc(-c2cc(F)cc(Br)c2)sc1C(=O)O. The number of carboxylic acid groups (broad SMARTS) is 1. The molecule has 0 amide bonds. The summed E-state index contributed by atoms with van der Waals surface area (Å²) in [6.07, 6.45) is 0.536. The lowest BCUT2D eigenvalue weighted by Gasteiger charge is -1.98. The van der Waals surface area contributed by atoms with Gasteiger partial charge >= 0.3 is 5.97 Å². The molecule has 3 nitrogen and oxygen atoms in total. The van der Waals surface area contributed by atoms with Crippen LogP contribution in [0.5, 0.6) is 0 Å². The van der Waals surface area contributed by atoms with Crippen molar-refractivity contribution in [3.8, 4) is 10.6 Å². The molecule has 1 heterocycles. The van der Waals surface area contributed by atoms with Crippen molar-refractivity contribution in [2.24, 2.45) is 0 Å². The Kier molecular flexibility index (Phi) is 3.77. The fourth-order valence-electron chi connectivity index (χ4n) is 1.56. The minimum Gasteiger partial charge on any atom is -0.477 e. The van der Waals surface area contributed by atoms with Crippen molar-refractivity contribution < 1.29 is 14.3 Å². The standard InChI is InChI=1S/C12H9BrFNO2S/c1-2-9-10(12(16)17)18-11(15-9)6-3-7(13)5-8(14)4-6/h3-5H,2H2,1H3,(H,16,17). The topological polar surface area (TPSA) is 50.2 Å². The molecule has 0 fully saturated rings. The number of carboxylic acids is 1. The van der Waals surface area contributed by atoms with E-state index in [1.165, 1.54) is 12.1 Å². The minimum atomic E-state index is -0.994. The average molecular weight is 330 g/mol. The molecule has 0 bridgehead atoms. The molecule has 0 radical (unpaired) electrons. The van der Waals surface area contributed by atoms with E-state index < -0.39 is 5.97 Å². The summed E-state index contributed by atoms with van der Waals surface area (Å²) in [6, 6.07) is 4.40. The lowest BCUT2D eigenvalue weighted by atomic mass is 10.2. The molecule has 2 rings (SSSR count). The number of halogens is 2. The fourth-order valence-corrected chi connectivity index (χ4v) is 3.00. The second-order valence-corrected chi connectivity index (χ2v) is 5.53. The summed E-state index contributed by atoms with van der Waals surface area (Å²) >= 11 is 4.27. The van der Waals surface area contributed by atoms with Gasteiger partial charge in [0.2, 0.25) is 0 Å². The third-order valence-electron chi connectivity index (χ3n) is 2.34. The van der Waals surface area contributed by atoms with E-state index in [0.29, 0.717) is 27.2 Å². The second kappa shape index (κ2) is 5.16. The molecule has 0 unspecified atom stereocenters. The molecule has 1 N–H and O–H groups in total. The predicted octanol–water partition coefficient (Wildman–Crippen LogP) is 3.97. The molecular formula is C12H9BrFNO2S. The molecule has 6 heteroatoms. The molecule has 94 valence electrons. The largest absolute Gasteiger partial charge is 0.477 e. The average Bonchev–Trinajstić information content (AvgIpc) is 2.71. The number of hydrogen-bond donors (Lipinski definition) is 1. The van der Waals surface area contributed by atoms with Crippen LogP contribution in [0.4, 0.5) is 4.39 Å². The number of aryl methyl sites for hydroxylation is 1. The van der Waals surface area contributed by atoms with E-state index >= 15 is 0 Å². The van der Waals surface area contributed by atoms with Crippen LogP contribution in [0.15, 0.2) is 22.7 Å². The molecule has 0 spiro atoms. The van der Waals surface area contributed by atoms with Gasteiger partial charge in [-0.25, -0.2) is 14.2 Å². The van der Waals surface area contributed by atoms with Crippen LogP contribution in [0.25, 0.3) is 10.6 Å². The summed E-state index contributed by atoms with van der Waals surface area (Å²) in [7, 11) is 0. The Morgan fingerprint density at radius 2 is 2.22 bits per heavy atom. The van der Waals surface area contributed by atoms with Crippen molar-refractivity contribution in [3.05, 3.63) is 39.1 Å². The summed E-state index contributed by atoms with van der Waals surface area (Å²) in [5.41, 5.74) is 1.11. The van der Waals surface area contributed by atoms with Crippen molar-refractivity contribution >= 4 is 33.2 Å². The number of aromatic nitrogens is 1. The number of hydrogen-bond acceptors (Lipinski definition) is 3. The highest BCUT2D eigenvalue weighted by atomic mass is 79.9. The quantitative estimate of drug-likeness (QED) is 0.926. The van der Waals surface area contributed by atoms with Crippen molar-refractivity contribution in [1.29, 1.82) is 0 Å². The van der Waals surface area contributed by atoms with Crippen LogP contribution in [0.2, 0.25) is 0 Å². The van der Waals surface area contributed by atoms with Gasteiger partial charge in [-0.2, -0.15) is 0 Å². The van der Waals surface area contributed by atoms with Gasteiger partial charge in [-0.3, -0.25) is 0 Å². The van der Waals surface area contributed by atoms with Gasteiger partial charge in [0.15, 0.2) is 0 Å². The first-order valence-corrected chi connectivity index (χ1v) is 6.81. The maximum atomic E-state index is 13.3. The number of benzene rings is 1. The number of thiazole rings is 1. The van der Waals surface area contributed by atoms with Crippen LogP contribution in [-0.4, -0.2) is 16.1 Å². The molecule has 1 aromatic carbocycles. The van der Waals surface area contributed by atoms with Gasteiger partial charge in [-0.15, -0.1) is 11.3 Å². The van der Waals surface area contributed by atoms with Gasteiger partial charge in [0, 0.05) is 10.0 Å². The highest BCUT2D eigenvalue weighted by molar-refractivity contribution is 9.10. The van der Waals surface area contributed by atoms with Gasteiger partial charge in [0.05, 0.1) is 5.69 Å². The van der Waals surface area contributed by atoms with Crippen molar-refractivity contribution in [2.75, 3.05) is 0 Å². The van der Waals surface area contributed by atoms with Crippen LogP contribution < -0.4 is 0 Å². The summed E-state index contributed by atoms with van der Waals surface area (Å²) in [6.45, 7) is 1.84. The smallest absolute Gasteiger partial charge is 0.347 e. The van der Waals surface area contributed by atoms with E-state index in [4.69, 9.17) is 5.11 Å². The van der Waals surface area contributed by atoms with E-state index in [1.807, 2.05) is 6.92 Å². The first kappa shape index (κ1) is 13.2. The molecule has 18 heavy (non-hydrogen) atoms. The van der Waals surface area contributed by atoms with Crippen molar-refractivity contribution in [1.82, 2.24) is 4.98 Å². The van der Waals surface area contributed by atoms with E-state index in [-0.39, 0.29) is 10.7 Å². The Morgan fingerprint density at radius 1 is 1.50 bits per heavy atom. The molecule has 0 saturated heterocycles. The third-order valence-corrected chi connectivity index (χ3v) is 3.93. The van der Waals surface area contributed by atoms with Gasteiger partial charge < -0.3 is 5.11 Å². The monoisotopic (exact) mass is 329 g/mol. The van der Waals surface area contributed by atoms with Crippen LogP contribution in [-0.2, 0) is 6.42 Å². The molecule has 1 aromatic heterocycles. The summed E-state index contributed by atoms with van der Waals surface area (Å²) < 4.78 is 13.9. The predicted molar refractivity (Wildman–Crippen MR) is 71.5 cm³/mol. The zero-order chi connectivity index (χ0) is 13.3. The summed E-state index contributed by atoms with van der Waals surface area (Å²) in [4.78, 5) is 15.5. The highest BCUT2D eigenvalue weighted by Gasteiger charge is 2.17. The number of rotatable bonds is 3. The van der Waals surface area contributed by atoms with Crippen molar-refractivity contribution in [2.45, 2.75) is 13.3 Å². The van der Waals surface area contributed by atoms with E-state index in [2.05, 4.69) is 20.9 Å².